The van der Waals surface area contributed by atoms with Gasteiger partial charge in [-0.15, -0.1) is 6.42 Å². The zero-order chi connectivity index (χ0) is 20.9. The van der Waals surface area contributed by atoms with Crippen molar-refractivity contribution < 1.29 is 14.3 Å². The number of carbonyl (C=O) groups is 2. The fraction of sp³-hybridized carbons (Fsp3) is 0.273. The van der Waals surface area contributed by atoms with Crippen molar-refractivity contribution in [3.8, 4) is 12.3 Å². The summed E-state index contributed by atoms with van der Waals surface area (Å²) in [6, 6.07) is 14.3. The first-order valence-corrected chi connectivity index (χ1v) is 9.89. The van der Waals surface area contributed by atoms with E-state index in [-0.39, 0.29) is 10.9 Å². The van der Waals surface area contributed by atoms with Crippen LogP contribution in [0, 0.1) is 12.3 Å². The third kappa shape index (κ3) is 4.56. The molecule has 7 heteroatoms. The van der Waals surface area contributed by atoms with E-state index >= 15 is 0 Å². The van der Waals surface area contributed by atoms with Crippen LogP contribution in [0.2, 0.25) is 10.0 Å². The molecule has 1 aliphatic heterocycles. The largest absolute Gasteiger partial charge is 0.381 e. The monoisotopic (exact) mass is 430 g/mol. The van der Waals surface area contributed by atoms with Gasteiger partial charge in [0.15, 0.2) is 0 Å². The number of anilines is 1. The molecule has 0 radical (unpaired) electrons. The van der Waals surface area contributed by atoms with Gasteiger partial charge in [0, 0.05) is 38.3 Å². The molecule has 1 heterocycles. The van der Waals surface area contributed by atoms with Crippen LogP contribution < -0.4 is 10.2 Å². The van der Waals surface area contributed by atoms with Gasteiger partial charge >= 0.3 is 5.91 Å². The number of carbonyl (C=O) groups excluding carboxylic acids is 2. The molecule has 150 valence electrons. The van der Waals surface area contributed by atoms with Gasteiger partial charge in [-0.25, -0.2) is 0 Å². The van der Waals surface area contributed by atoms with Gasteiger partial charge in [0.05, 0.1) is 10.0 Å². The molecule has 1 saturated heterocycles. The normalized spacial score (nSPS) is 15.2. The van der Waals surface area contributed by atoms with Crippen LogP contribution in [0.15, 0.2) is 48.5 Å². The molecular weight excluding hydrogens is 411 g/mol. The van der Waals surface area contributed by atoms with Crippen molar-refractivity contribution in [3.63, 3.8) is 0 Å². The molecule has 2 aromatic rings. The number of hydrogen-bond donors (Lipinski definition) is 1. The Balaban J connectivity index is 1.98. The number of nitrogens with one attached hydrogen (secondary N) is 1. The van der Waals surface area contributed by atoms with Gasteiger partial charge in [0.1, 0.15) is 5.54 Å². The number of halogens is 2. The molecule has 0 aliphatic carbocycles. The highest BCUT2D eigenvalue weighted by Gasteiger charge is 2.48. The van der Waals surface area contributed by atoms with Crippen molar-refractivity contribution in [2.45, 2.75) is 24.9 Å². The molecule has 0 spiro atoms. The number of benzene rings is 2. The molecule has 0 bridgehead atoms. The molecule has 2 aromatic carbocycles. The number of nitrogens with zero attached hydrogens (tertiary/aromatic N) is 1. The highest BCUT2D eigenvalue weighted by molar-refractivity contribution is 6.42. The summed E-state index contributed by atoms with van der Waals surface area (Å²) in [6.45, 7) is 0.991. The van der Waals surface area contributed by atoms with Gasteiger partial charge in [-0.2, -0.15) is 0 Å². The van der Waals surface area contributed by atoms with Crippen LogP contribution in [0.3, 0.4) is 0 Å². The van der Waals surface area contributed by atoms with Crippen molar-refractivity contribution in [2.75, 3.05) is 18.1 Å². The lowest BCUT2D eigenvalue weighted by Crippen LogP contribution is -2.63. The number of terminal acetylenes is 1. The minimum absolute atomic E-state index is 0.269. The first-order chi connectivity index (χ1) is 14.0. The van der Waals surface area contributed by atoms with E-state index in [0.717, 1.165) is 5.56 Å². The Morgan fingerprint density at radius 2 is 1.79 bits per heavy atom. The Bertz CT molecular complexity index is 935. The SMILES string of the molecule is C#CC(=O)N(c1ccc(Cl)c(Cl)c1)C1(C(=O)NCc2ccccc2)CCOCC1. The van der Waals surface area contributed by atoms with Crippen molar-refractivity contribution >= 4 is 40.7 Å². The van der Waals surface area contributed by atoms with Gasteiger partial charge in [0.2, 0.25) is 5.91 Å². The molecule has 1 aliphatic rings. The molecule has 1 N–H and O–H groups in total. The summed E-state index contributed by atoms with van der Waals surface area (Å²) in [6.07, 6.45) is 6.06. The molecule has 1 fully saturated rings. The van der Waals surface area contributed by atoms with E-state index in [1.165, 1.54) is 4.90 Å². The second-order valence-corrected chi connectivity index (χ2v) is 7.51. The third-order valence-electron chi connectivity index (χ3n) is 4.95. The lowest BCUT2D eigenvalue weighted by molar-refractivity contribution is -0.133. The molecule has 0 aromatic heterocycles. The van der Waals surface area contributed by atoms with Crippen molar-refractivity contribution in [1.82, 2.24) is 5.32 Å². The highest BCUT2D eigenvalue weighted by atomic mass is 35.5. The summed E-state index contributed by atoms with van der Waals surface area (Å²) in [7, 11) is 0. The second-order valence-electron chi connectivity index (χ2n) is 6.70. The number of hydrogen-bond acceptors (Lipinski definition) is 3. The van der Waals surface area contributed by atoms with Crippen LogP contribution in [0.4, 0.5) is 5.69 Å². The maximum Gasteiger partial charge on any atom is 0.303 e. The first-order valence-electron chi connectivity index (χ1n) is 9.14. The average Bonchev–Trinajstić information content (AvgIpc) is 2.75. The number of rotatable bonds is 5. The third-order valence-corrected chi connectivity index (χ3v) is 5.69. The fourth-order valence-electron chi connectivity index (χ4n) is 3.45. The molecule has 0 atom stereocenters. The summed E-state index contributed by atoms with van der Waals surface area (Å²) in [5.41, 5.74) is 0.180. The van der Waals surface area contributed by atoms with Crippen LogP contribution in [-0.2, 0) is 20.9 Å². The van der Waals surface area contributed by atoms with Gasteiger partial charge in [-0.05, 0) is 29.7 Å². The fourth-order valence-corrected chi connectivity index (χ4v) is 3.74. The van der Waals surface area contributed by atoms with E-state index in [1.54, 1.807) is 18.2 Å². The number of ether oxygens (including phenoxy) is 1. The van der Waals surface area contributed by atoms with Crippen LogP contribution in [0.25, 0.3) is 0 Å². The van der Waals surface area contributed by atoms with E-state index in [4.69, 9.17) is 34.4 Å². The number of amides is 2. The Morgan fingerprint density at radius 3 is 2.41 bits per heavy atom. The van der Waals surface area contributed by atoms with Gasteiger partial charge < -0.3 is 10.1 Å². The predicted octanol–water partition coefficient (Wildman–Crippen LogP) is 3.83. The van der Waals surface area contributed by atoms with Gasteiger partial charge in [-0.3, -0.25) is 14.5 Å². The van der Waals surface area contributed by atoms with Gasteiger partial charge in [0.25, 0.3) is 0 Å². The van der Waals surface area contributed by atoms with Crippen LogP contribution in [-0.4, -0.2) is 30.6 Å². The lowest BCUT2D eigenvalue weighted by atomic mass is 9.85. The smallest absolute Gasteiger partial charge is 0.303 e. The topological polar surface area (TPSA) is 58.6 Å². The summed E-state index contributed by atoms with van der Waals surface area (Å²) in [5, 5.41) is 3.56. The lowest BCUT2D eigenvalue weighted by Gasteiger charge is -2.44. The standard InChI is InChI=1S/C22H20Cl2N2O3/c1-2-20(27)26(17-8-9-18(23)19(24)14-17)22(10-12-29-13-11-22)21(28)25-15-16-6-4-3-5-7-16/h1,3-9,14H,10-13,15H2,(H,25,28). The van der Waals surface area contributed by atoms with Crippen LogP contribution in [0.1, 0.15) is 18.4 Å². The molecule has 3 rings (SSSR count). The Morgan fingerprint density at radius 1 is 1.10 bits per heavy atom. The maximum absolute atomic E-state index is 13.4. The minimum atomic E-state index is -1.19. The van der Waals surface area contributed by atoms with E-state index in [0.29, 0.717) is 43.3 Å². The Labute approximate surface area is 179 Å². The predicted molar refractivity (Wildman–Crippen MR) is 114 cm³/mol. The van der Waals surface area contributed by atoms with Crippen molar-refractivity contribution in [3.05, 3.63) is 64.1 Å². The second kappa shape index (κ2) is 9.32. The zero-order valence-electron chi connectivity index (χ0n) is 15.7. The Hall–Kier alpha value is -2.52. The molecule has 0 saturated carbocycles. The van der Waals surface area contributed by atoms with Crippen molar-refractivity contribution in [2.24, 2.45) is 0 Å². The maximum atomic E-state index is 13.4. The quantitative estimate of drug-likeness (QED) is 0.733. The zero-order valence-corrected chi connectivity index (χ0v) is 17.2. The summed E-state index contributed by atoms with van der Waals surface area (Å²) in [5.74, 6) is 1.22. The molecular formula is C22H20Cl2N2O3. The summed E-state index contributed by atoms with van der Waals surface area (Å²) in [4.78, 5) is 27.5. The van der Waals surface area contributed by atoms with Gasteiger partial charge in [-0.1, -0.05) is 53.5 Å². The van der Waals surface area contributed by atoms with Crippen molar-refractivity contribution in [1.29, 1.82) is 0 Å². The average molecular weight is 431 g/mol. The highest BCUT2D eigenvalue weighted by Crippen LogP contribution is 2.36. The molecule has 29 heavy (non-hydrogen) atoms. The van der Waals surface area contributed by atoms with E-state index in [2.05, 4.69) is 11.2 Å². The first kappa shape index (κ1) is 21.2. The van der Waals surface area contributed by atoms with E-state index in [9.17, 15) is 9.59 Å². The molecule has 0 unspecified atom stereocenters. The molecule has 2 amide bonds. The summed E-state index contributed by atoms with van der Waals surface area (Å²) < 4.78 is 5.46. The Kier molecular flexibility index (Phi) is 6.81. The molecule has 5 nitrogen and oxygen atoms in total. The van der Waals surface area contributed by atoms with Crippen LogP contribution in [0.5, 0.6) is 0 Å². The van der Waals surface area contributed by atoms with Crippen LogP contribution >= 0.6 is 23.2 Å². The van der Waals surface area contributed by atoms with E-state index < -0.39 is 11.4 Å². The minimum Gasteiger partial charge on any atom is -0.381 e. The summed E-state index contributed by atoms with van der Waals surface area (Å²) >= 11 is 12.2. The van der Waals surface area contributed by atoms with E-state index in [1.807, 2.05) is 30.3 Å².